The van der Waals surface area contributed by atoms with E-state index in [1.165, 1.54) is 11.3 Å². The van der Waals surface area contributed by atoms with Crippen molar-refractivity contribution in [2.45, 2.75) is 6.92 Å². The van der Waals surface area contributed by atoms with Crippen molar-refractivity contribution in [3.8, 4) is 5.75 Å². The van der Waals surface area contributed by atoms with Crippen LogP contribution in [0.15, 0.2) is 36.7 Å². The zero-order valence-corrected chi connectivity index (χ0v) is 22.4. The molecule has 2 N–H and O–H groups in total. The average Bonchev–Trinajstić information content (AvgIpc) is 2.82. The summed E-state index contributed by atoms with van der Waals surface area (Å²) in [5, 5.41) is 6.75. The Morgan fingerprint density at radius 2 is 1.82 bits per heavy atom. The Kier molecular flexibility index (Phi) is 7.57. The maximum Gasteiger partial charge on any atom is 0.229 e. The molecule has 2 aromatic heterocycles. The fraction of sp³-hybridized carbons (Fsp3) is 0.375. The molecule has 0 atom stereocenters. The first-order valence-corrected chi connectivity index (χ1v) is 12.2. The van der Waals surface area contributed by atoms with Crippen LogP contribution >= 0.6 is 22.6 Å². The quantitative estimate of drug-likeness (QED) is 0.406. The molecule has 1 aliphatic heterocycles. The highest BCUT2D eigenvalue weighted by atomic mass is 127. The molecule has 1 saturated heterocycles. The molecule has 1 aliphatic rings. The third kappa shape index (κ3) is 5.44. The van der Waals surface area contributed by atoms with Gasteiger partial charge in [-0.05, 0) is 60.3 Å². The third-order valence-corrected chi connectivity index (χ3v) is 6.61. The van der Waals surface area contributed by atoms with Crippen molar-refractivity contribution in [2.75, 3.05) is 74.9 Å². The van der Waals surface area contributed by atoms with E-state index in [1.807, 2.05) is 31.1 Å². The number of methoxy groups -OCH3 is 1. The van der Waals surface area contributed by atoms with Crippen molar-refractivity contribution < 1.29 is 4.74 Å². The van der Waals surface area contributed by atoms with Crippen molar-refractivity contribution >= 4 is 57.2 Å². The molecule has 0 unspecified atom stereocenters. The molecule has 0 saturated carbocycles. The van der Waals surface area contributed by atoms with E-state index in [0.29, 0.717) is 11.8 Å². The summed E-state index contributed by atoms with van der Waals surface area (Å²) in [7, 11) is 7.78. The van der Waals surface area contributed by atoms with Gasteiger partial charge in [-0.1, -0.05) is 0 Å². The predicted octanol–water partition coefficient (Wildman–Crippen LogP) is 4.10. The summed E-state index contributed by atoms with van der Waals surface area (Å²) in [6.45, 7) is 6.25. The molecule has 3 aromatic rings. The van der Waals surface area contributed by atoms with Gasteiger partial charge < -0.3 is 30.1 Å². The van der Waals surface area contributed by atoms with Crippen LogP contribution in [0, 0.1) is 10.5 Å². The van der Waals surface area contributed by atoms with E-state index in [1.54, 1.807) is 19.5 Å². The number of aryl methyl sites for hydroxylation is 1. The van der Waals surface area contributed by atoms with E-state index in [2.05, 4.69) is 79.1 Å². The number of aromatic nitrogens is 3. The number of rotatable bonds is 7. The van der Waals surface area contributed by atoms with Crippen LogP contribution in [0.1, 0.15) is 5.56 Å². The largest absolute Gasteiger partial charge is 0.494 e. The Morgan fingerprint density at radius 3 is 2.53 bits per heavy atom. The van der Waals surface area contributed by atoms with Crippen LogP contribution in [-0.4, -0.2) is 74.3 Å². The minimum Gasteiger partial charge on any atom is -0.494 e. The predicted molar refractivity (Wildman–Crippen MR) is 147 cm³/mol. The van der Waals surface area contributed by atoms with E-state index in [4.69, 9.17) is 9.72 Å². The molecular weight excluding hydrogens is 543 g/mol. The second-order valence-electron chi connectivity index (χ2n) is 8.54. The summed E-state index contributed by atoms with van der Waals surface area (Å²) in [5.74, 6) is 2.80. The lowest BCUT2D eigenvalue weighted by atomic mass is 10.1. The molecule has 3 heterocycles. The standard InChI is InChI=1S/C24H31IN8O/c1-16-13-19(21(34-5)14-20(16)33-11-9-32(4)10-12-33)29-24-27-15-17(25)22(30-24)28-18-7-6-8-26-23(18)31(2)3/h6-8,13-15H,9-12H2,1-5H3,(H2,27,28,29,30). The first kappa shape index (κ1) is 24.3. The molecular formula is C24H31IN8O. The van der Waals surface area contributed by atoms with Crippen LogP contribution in [0.4, 0.5) is 34.6 Å². The highest BCUT2D eigenvalue weighted by molar-refractivity contribution is 14.1. The van der Waals surface area contributed by atoms with Gasteiger partial charge in [0.1, 0.15) is 11.6 Å². The number of likely N-dealkylation sites (N-methyl/N-ethyl adjacent to an activating group) is 1. The highest BCUT2D eigenvalue weighted by Crippen LogP contribution is 2.35. The van der Waals surface area contributed by atoms with E-state index in [0.717, 1.165) is 52.7 Å². The monoisotopic (exact) mass is 574 g/mol. The number of piperazine rings is 1. The smallest absolute Gasteiger partial charge is 0.229 e. The maximum absolute atomic E-state index is 5.73. The highest BCUT2D eigenvalue weighted by Gasteiger charge is 2.19. The van der Waals surface area contributed by atoms with Crippen molar-refractivity contribution in [1.82, 2.24) is 19.9 Å². The Balaban J connectivity index is 1.59. The molecule has 1 fully saturated rings. The van der Waals surface area contributed by atoms with Crippen molar-refractivity contribution in [3.05, 3.63) is 45.8 Å². The van der Waals surface area contributed by atoms with Gasteiger partial charge in [0.2, 0.25) is 5.95 Å². The molecule has 0 aliphatic carbocycles. The summed E-state index contributed by atoms with van der Waals surface area (Å²) in [5.41, 5.74) is 4.09. The van der Waals surface area contributed by atoms with E-state index < -0.39 is 0 Å². The van der Waals surface area contributed by atoms with Crippen LogP contribution in [0.25, 0.3) is 0 Å². The summed E-state index contributed by atoms with van der Waals surface area (Å²) >= 11 is 2.23. The first-order valence-electron chi connectivity index (χ1n) is 11.2. The van der Waals surface area contributed by atoms with Crippen LogP contribution < -0.4 is 25.2 Å². The van der Waals surface area contributed by atoms with Gasteiger partial charge in [0.05, 0.1) is 22.1 Å². The molecule has 0 radical (unpaired) electrons. The molecule has 180 valence electrons. The summed E-state index contributed by atoms with van der Waals surface area (Å²) in [6, 6.07) is 8.09. The van der Waals surface area contributed by atoms with Gasteiger partial charge in [-0.2, -0.15) is 4.98 Å². The fourth-order valence-electron chi connectivity index (χ4n) is 3.95. The molecule has 1 aromatic carbocycles. The number of nitrogens with one attached hydrogen (secondary N) is 2. The molecule has 4 rings (SSSR count). The van der Waals surface area contributed by atoms with Gasteiger partial charge in [-0.15, -0.1) is 0 Å². The fourth-order valence-corrected chi connectivity index (χ4v) is 4.34. The molecule has 34 heavy (non-hydrogen) atoms. The number of hydrogen-bond acceptors (Lipinski definition) is 9. The number of halogens is 1. The van der Waals surface area contributed by atoms with Gasteiger partial charge in [0, 0.05) is 64.4 Å². The zero-order valence-electron chi connectivity index (χ0n) is 20.3. The molecule has 10 heteroatoms. The Hall–Kier alpha value is -2.86. The number of nitrogens with zero attached hydrogens (tertiary/aromatic N) is 6. The lowest BCUT2D eigenvalue weighted by molar-refractivity contribution is 0.312. The van der Waals surface area contributed by atoms with E-state index in [9.17, 15) is 0 Å². The van der Waals surface area contributed by atoms with Crippen molar-refractivity contribution in [2.24, 2.45) is 0 Å². The van der Waals surface area contributed by atoms with Crippen LogP contribution in [0.5, 0.6) is 5.75 Å². The van der Waals surface area contributed by atoms with Gasteiger partial charge in [-0.25, -0.2) is 9.97 Å². The normalized spacial score (nSPS) is 14.1. The maximum atomic E-state index is 5.73. The summed E-state index contributed by atoms with van der Waals surface area (Å²) < 4.78 is 6.64. The Labute approximate surface area is 214 Å². The second kappa shape index (κ2) is 10.6. The van der Waals surface area contributed by atoms with Crippen molar-refractivity contribution in [1.29, 1.82) is 0 Å². The van der Waals surface area contributed by atoms with Crippen LogP contribution in [0.3, 0.4) is 0 Å². The Morgan fingerprint density at radius 1 is 1.06 bits per heavy atom. The third-order valence-electron chi connectivity index (χ3n) is 5.82. The summed E-state index contributed by atoms with van der Waals surface area (Å²) in [6.07, 6.45) is 3.57. The number of benzene rings is 1. The van der Waals surface area contributed by atoms with Gasteiger partial charge in [-0.3, -0.25) is 0 Å². The van der Waals surface area contributed by atoms with Crippen LogP contribution in [-0.2, 0) is 0 Å². The minimum atomic E-state index is 0.489. The topological polar surface area (TPSA) is 81.7 Å². The summed E-state index contributed by atoms with van der Waals surface area (Å²) in [4.78, 5) is 20.4. The second-order valence-corrected chi connectivity index (χ2v) is 9.70. The van der Waals surface area contributed by atoms with Crippen molar-refractivity contribution in [3.63, 3.8) is 0 Å². The number of pyridine rings is 1. The molecule has 0 spiro atoms. The molecule has 9 nitrogen and oxygen atoms in total. The zero-order chi connectivity index (χ0) is 24.2. The Bertz CT molecular complexity index is 1150. The van der Waals surface area contributed by atoms with Crippen LogP contribution in [0.2, 0.25) is 0 Å². The lowest BCUT2D eigenvalue weighted by Crippen LogP contribution is -2.44. The van der Waals surface area contributed by atoms with Gasteiger partial charge in [0.15, 0.2) is 5.82 Å². The van der Waals surface area contributed by atoms with Gasteiger partial charge in [0.25, 0.3) is 0 Å². The number of ether oxygens (including phenoxy) is 1. The molecule has 0 amide bonds. The number of hydrogen-bond donors (Lipinski definition) is 2. The van der Waals surface area contributed by atoms with E-state index in [-0.39, 0.29) is 0 Å². The first-order chi connectivity index (χ1) is 16.4. The number of anilines is 6. The SMILES string of the molecule is COc1cc(N2CCN(C)CC2)c(C)cc1Nc1ncc(I)c(Nc2cccnc2N(C)C)n1. The average molecular weight is 574 g/mol. The minimum absolute atomic E-state index is 0.489. The lowest BCUT2D eigenvalue weighted by Gasteiger charge is -2.35. The van der Waals surface area contributed by atoms with Gasteiger partial charge >= 0.3 is 0 Å². The molecule has 0 bridgehead atoms. The van der Waals surface area contributed by atoms with E-state index >= 15 is 0 Å².